The Hall–Kier alpha value is -0.460. The second-order valence-corrected chi connectivity index (χ2v) is 9.05. The average molecular weight is 327 g/mol. The van der Waals surface area contributed by atoms with E-state index in [0.29, 0.717) is 11.3 Å². The molecule has 0 aliphatic rings. The standard InChI is InChI=1S/C12H16ClFO3S2/c1-9(2)19(16,17)7-3-6-18(15)10-4-5-12(14)11(13)8-10/h4-5,8-9H,3,6-7H2,1-2H3. The molecule has 1 atom stereocenters. The summed E-state index contributed by atoms with van der Waals surface area (Å²) in [5, 5.41) is -0.512. The van der Waals surface area contributed by atoms with Crippen molar-refractivity contribution in [3.63, 3.8) is 0 Å². The average Bonchev–Trinajstić information content (AvgIpc) is 2.32. The van der Waals surface area contributed by atoms with Crippen molar-refractivity contribution in [1.29, 1.82) is 0 Å². The van der Waals surface area contributed by atoms with Crippen LogP contribution in [0.3, 0.4) is 0 Å². The van der Waals surface area contributed by atoms with Gasteiger partial charge in [0.1, 0.15) is 5.82 Å². The molecule has 0 amide bonds. The highest BCUT2D eigenvalue weighted by molar-refractivity contribution is 7.92. The highest BCUT2D eigenvalue weighted by atomic mass is 35.5. The third-order valence-electron chi connectivity index (χ3n) is 2.63. The molecule has 0 heterocycles. The van der Waals surface area contributed by atoms with Crippen LogP contribution in [0.15, 0.2) is 23.1 Å². The summed E-state index contributed by atoms with van der Waals surface area (Å²) < 4.78 is 48.0. The van der Waals surface area contributed by atoms with Crippen molar-refractivity contribution < 1.29 is 17.0 Å². The molecule has 19 heavy (non-hydrogen) atoms. The number of halogens is 2. The first-order valence-electron chi connectivity index (χ1n) is 5.79. The summed E-state index contributed by atoms with van der Waals surface area (Å²) in [6.45, 7) is 3.23. The number of sulfone groups is 1. The van der Waals surface area contributed by atoms with Crippen LogP contribution < -0.4 is 0 Å². The lowest BCUT2D eigenvalue weighted by Crippen LogP contribution is -2.19. The fraction of sp³-hybridized carbons (Fsp3) is 0.500. The normalized spacial score (nSPS) is 13.7. The van der Waals surface area contributed by atoms with Crippen molar-refractivity contribution in [2.75, 3.05) is 11.5 Å². The summed E-state index contributed by atoms with van der Waals surface area (Å²) >= 11 is 5.60. The van der Waals surface area contributed by atoms with E-state index in [9.17, 15) is 17.0 Å². The van der Waals surface area contributed by atoms with E-state index in [2.05, 4.69) is 0 Å². The number of hydrogen-bond acceptors (Lipinski definition) is 3. The van der Waals surface area contributed by atoms with Crippen LogP contribution in [-0.4, -0.2) is 29.4 Å². The van der Waals surface area contributed by atoms with Crippen LogP contribution in [0.1, 0.15) is 20.3 Å². The molecule has 7 heteroatoms. The largest absolute Gasteiger partial charge is 0.254 e. The molecule has 0 radical (unpaired) electrons. The van der Waals surface area contributed by atoms with Gasteiger partial charge in [0.05, 0.1) is 26.8 Å². The van der Waals surface area contributed by atoms with Crippen LogP contribution in [0.25, 0.3) is 0 Å². The van der Waals surface area contributed by atoms with Gasteiger partial charge in [0.2, 0.25) is 0 Å². The first-order valence-corrected chi connectivity index (χ1v) is 9.20. The van der Waals surface area contributed by atoms with Crippen molar-refractivity contribution in [3.8, 4) is 0 Å². The Balaban J connectivity index is 2.59. The van der Waals surface area contributed by atoms with E-state index in [1.807, 2.05) is 0 Å². The van der Waals surface area contributed by atoms with E-state index in [1.54, 1.807) is 13.8 Å². The van der Waals surface area contributed by atoms with E-state index in [0.717, 1.165) is 6.07 Å². The summed E-state index contributed by atoms with van der Waals surface area (Å²) in [4.78, 5) is 0.411. The van der Waals surface area contributed by atoms with Gasteiger partial charge in [0.15, 0.2) is 9.84 Å². The van der Waals surface area contributed by atoms with Gasteiger partial charge < -0.3 is 0 Å². The van der Waals surface area contributed by atoms with Crippen molar-refractivity contribution in [2.24, 2.45) is 0 Å². The minimum absolute atomic E-state index is 0.00529. The maximum absolute atomic E-state index is 12.9. The molecule has 0 fully saturated rings. The third kappa shape index (κ3) is 4.85. The van der Waals surface area contributed by atoms with E-state index < -0.39 is 31.7 Å². The number of rotatable bonds is 6. The van der Waals surface area contributed by atoms with E-state index in [4.69, 9.17) is 11.6 Å². The van der Waals surface area contributed by atoms with Crippen LogP contribution >= 0.6 is 11.6 Å². The summed E-state index contributed by atoms with van der Waals surface area (Å²) in [6.07, 6.45) is 0.308. The Morgan fingerprint density at radius 2 is 2.00 bits per heavy atom. The van der Waals surface area contributed by atoms with Gasteiger partial charge in [-0.05, 0) is 38.5 Å². The summed E-state index contributed by atoms with van der Waals surface area (Å²) in [6, 6.07) is 3.86. The Morgan fingerprint density at radius 3 is 2.53 bits per heavy atom. The molecule has 1 aromatic rings. The van der Waals surface area contributed by atoms with Crippen LogP contribution in [0.4, 0.5) is 4.39 Å². The van der Waals surface area contributed by atoms with Crippen LogP contribution in [0, 0.1) is 5.82 Å². The zero-order valence-electron chi connectivity index (χ0n) is 10.7. The molecule has 0 aromatic heterocycles. The summed E-state index contributed by atoms with van der Waals surface area (Å²) in [5.74, 6) is -0.344. The minimum atomic E-state index is -3.11. The summed E-state index contributed by atoms with van der Waals surface area (Å²) in [5.41, 5.74) is 0. The van der Waals surface area contributed by atoms with Crippen molar-refractivity contribution in [1.82, 2.24) is 0 Å². The Bertz CT molecular complexity index is 570. The highest BCUT2D eigenvalue weighted by Gasteiger charge is 2.16. The van der Waals surface area contributed by atoms with Crippen LogP contribution in [0.5, 0.6) is 0 Å². The fourth-order valence-corrected chi connectivity index (χ4v) is 3.92. The first kappa shape index (κ1) is 16.6. The first-order chi connectivity index (χ1) is 8.74. The van der Waals surface area contributed by atoms with Gasteiger partial charge in [-0.25, -0.2) is 12.8 Å². The minimum Gasteiger partial charge on any atom is -0.254 e. The molecule has 1 aromatic carbocycles. The number of benzene rings is 1. The lowest BCUT2D eigenvalue weighted by molar-refractivity contribution is 0.586. The molecule has 0 N–H and O–H groups in total. The quantitative estimate of drug-likeness (QED) is 0.807. The highest BCUT2D eigenvalue weighted by Crippen LogP contribution is 2.19. The fourth-order valence-electron chi connectivity index (χ4n) is 1.36. The van der Waals surface area contributed by atoms with Gasteiger partial charge in [-0.1, -0.05) is 11.6 Å². The Kier molecular flexibility index (Phi) is 5.95. The zero-order valence-corrected chi connectivity index (χ0v) is 13.1. The van der Waals surface area contributed by atoms with Gasteiger partial charge >= 0.3 is 0 Å². The molecule has 1 rings (SSSR count). The lowest BCUT2D eigenvalue weighted by atomic mass is 10.3. The molecule has 0 aliphatic heterocycles. The molecule has 0 aliphatic carbocycles. The third-order valence-corrected chi connectivity index (χ3v) is 6.65. The van der Waals surface area contributed by atoms with Gasteiger partial charge in [0, 0.05) is 10.6 Å². The van der Waals surface area contributed by atoms with Gasteiger partial charge in [-0.2, -0.15) is 0 Å². The van der Waals surface area contributed by atoms with Gasteiger partial charge in [0.25, 0.3) is 0 Å². The second-order valence-electron chi connectivity index (χ2n) is 4.39. The van der Waals surface area contributed by atoms with Crippen molar-refractivity contribution in [2.45, 2.75) is 30.4 Å². The van der Waals surface area contributed by atoms with Crippen molar-refractivity contribution >= 4 is 32.2 Å². The predicted molar refractivity (Wildman–Crippen MR) is 76.2 cm³/mol. The molecule has 108 valence electrons. The molecule has 0 saturated carbocycles. The monoisotopic (exact) mass is 326 g/mol. The van der Waals surface area contributed by atoms with E-state index in [1.165, 1.54) is 12.1 Å². The van der Waals surface area contributed by atoms with Crippen molar-refractivity contribution in [3.05, 3.63) is 29.0 Å². The lowest BCUT2D eigenvalue weighted by Gasteiger charge is -2.07. The molecule has 0 spiro atoms. The summed E-state index contributed by atoms with van der Waals surface area (Å²) in [7, 11) is -4.48. The predicted octanol–water partition coefficient (Wildman–Crippen LogP) is 2.80. The second kappa shape index (κ2) is 6.81. The SMILES string of the molecule is CC(C)S(=O)(=O)CCCS(=O)c1ccc(F)c(Cl)c1. The molecular formula is C12H16ClFO3S2. The topological polar surface area (TPSA) is 51.2 Å². The van der Waals surface area contributed by atoms with Crippen LogP contribution in [-0.2, 0) is 20.6 Å². The molecule has 0 bridgehead atoms. The smallest absolute Gasteiger partial charge is 0.152 e. The maximum Gasteiger partial charge on any atom is 0.152 e. The van der Waals surface area contributed by atoms with Gasteiger partial charge in [-0.3, -0.25) is 4.21 Å². The molecule has 1 unspecified atom stereocenters. The van der Waals surface area contributed by atoms with E-state index in [-0.39, 0.29) is 16.5 Å². The van der Waals surface area contributed by atoms with Gasteiger partial charge in [-0.15, -0.1) is 0 Å². The van der Waals surface area contributed by atoms with Crippen LogP contribution in [0.2, 0.25) is 5.02 Å². The Morgan fingerprint density at radius 1 is 1.37 bits per heavy atom. The zero-order chi connectivity index (χ0) is 14.6. The maximum atomic E-state index is 12.9. The molecule has 0 saturated heterocycles. The molecule has 3 nitrogen and oxygen atoms in total. The molecular weight excluding hydrogens is 311 g/mol. The number of hydrogen-bond donors (Lipinski definition) is 0. The van der Waals surface area contributed by atoms with E-state index >= 15 is 0 Å². The Labute approximate surface area is 120 Å².